The molecule has 0 fully saturated rings. The molecule has 3 aromatic rings. The second-order valence-corrected chi connectivity index (χ2v) is 9.40. The first-order chi connectivity index (χ1) is 15.9. The Morgan fingerprint density at radius 1 is 1.00 bits per heavy atom. The predicted octanol–water partition coefficient (Wildman–Crippen LogP) is 5.48. The molecule has 10 heteroatoms. The van der Waals surface area contributed by atoms with Crippen molar-refractivity contribution in [3.05, 3.63) is 85.2 Å². The molecule has 0 unspecified atom stereocenters. The van der Waals surface area contributed by atoms with Crippen LogP contribution in [0.1, 0.15) is 15.9 Å². The second-order valence-electron chi connectivity index (χ2n) is 6.77. The maximum atomic E-state index is 12.7. The van der Waals surface area contributed by atoms with Gasteiger partial charge in [-0.2, -0.15) is 5.10 Å². The summed E-state index contributed by atoms with van der Waals surface area (Å²) in [6, 6.07) is 17.5. The number of esters is 1. The highest BCUT2D eigenvalue weighted by Crippen LogP contribution is 2.33. The van der Waals surface area contributed by atoms with Gasteiger partial charge in [-0.25, -0.2) is 10.2 Å². The number of amides is 1. The molecule has 1 N–H and O–H groups in total. The molecule has 0 saturated carbocycles. The van der Waals surface area contributed by atoms with E-state index in [-0.39, 0.29) is 12.4 Å². The molecule has 168 valence electrons. The SMILES string of the molecule is O=C(Oc1c(Br)cc(Br)cc1/C=N\NC(=O)[C@H]1COc2ccccc2O1)c1ccccc1Br. The van der Waals surface area contributed by atoms with Gasteiger partial charge in [0, 0.05) is 14.5 Å². The van der Waals surface area contributed by atoms with E-state index in [1.807, 2.05) is 6.07 Å². The topological polar surface area (TPSA) is 86.2 Å². The lowest BCUT2D eigenvalue weighted by molar-refractivity contribution is -0.130. The van der Waals surface area contributed by atoms with Crippen molar-refractivity contribution < 1.29 is 23.8 Å². The number of benzene rings is 3. The van der Waals surface area contributed by atoms with Crippen molar-refractivity contribution in [3.63, 3.8) is 0 Å². The molecular formula is C23H15Br3N2O5. The van der Waals surface area contributed by atoms with E-state index in [0.717, 1.165) is 4.47 Å². The fourth-order valence-electron chi connectivity index (χ4n) is 2.94. The van der Waals surface area contributed by atoms with Crippen molar-refractivity contribution in [1.29, 1.82) is 0 Å². The Kier molecular flexibility index (Phi) is 7.46. The quantitative estimate of drug-likeness (QED) is 0.173. The van der Waals surface area contributed by atoms with E-state index in [1.54, 1.807) is 54.6 Å². The standard InChI is InChI=1S/C23H15Br3N2O5/c24-14-9-13(21(17(26)10-14)33-23(30)15-5-1-2-6-16(15)25)11-27-28-22(29)20-12-31-18-7-3-4-8-19(18)32-20/h1-11,20H,12H2,(H,28,29)/b27-11-/t20-/m1/s1. The minimum Gasteiger partial charge on any atom is -0.485 e. The summed E-state index contributed by atoms with van der Waals surface area (Å²) in [7, 11) is 0. The predicted molar refractivity (Wildman–Crippen MR) is 133 cm³/mol. The third kappa shape index (κ3) is 5.63. The Bertz CT molecular complexity index is 1250. The molecule has 0 bridgehead atoms. The van der Waals surface area contributed by atoms with Gasteiger partial charge in [0.05, 0.1) is 16.3 Å². The zero-order chi connectivity index (χ0) is 23.4. The van der Waals surface area contributed by atoms with E-state index in [9.17, 15) is 9.59 Å². The minimum absolute atomic E-state index is 0.0651. The summed E-state index contributed by atoms with van der Waals surface area (Å²) >= 11 is 10.2. The van der Waals surface area contributed by atoms with Gasteiger partial charge in [-0.05, 0) is 68.3 Å². The maximum Gasteiger partial charge on any atom is 0.344 e. The number of para-hydroxylation sites is 2. The molecule has 0 aromatic heterocycles. The van der Waals surface area contributed by atoms with Crippen LogP contribution in [0.25, 0.3) is 0 Å². The summed E-state index contributed by atoms with van der Waals surface area (Å²) in [5.74, 6) is 0.311. The summed E-state index contributed by atoms with van der Waals surface area (Å²) < 4.78 is 18.7. The summed E-state index contributed by atoms with van der Waals surface area (Å²) in [6.45, 7) is 0.0651. The maximum absolute atomic E-state index is 12.7. The van der Waals surface area contributed by atoms with Crippen LogP contribution in [0.5, 0.6) is 17.2 Å². The molecule has 1 amide bonds. The Balaban J connectivity index is 1.48. The molecule has 1 heterocycles. The largest absolute Gasteiger partial charge is 0.485 e. The van der Waals surface area contributed by atoms with Crippen molar-refractivity contribution in [2.75, 3.05) is 6.61 Å². The van der Waals surface area contributed by atoms with Crippen LogP contribution in [0.4, 0.5) is 0 Å². The van der Waals surface area contributed by atoms with Crippen molar-refractivity contribution in [2.24, 2.45) is 5.10 Å². The van der Waals surface area contributed by atoms with E-state index in [0.29, 0.717) is 31.6 Å². The molecule has 1 atom stereocenters. The molecule has 33 heavy (non-hydrogen) atoms. The number of hydrogen-bond acceptors (Lipinski definition) is 6. The van der Waals surface area contributed by atoms with Gasteiger partial charge in [-0.1, -0.05) is 40.2 Å². The van der Waals surface area contributed by atoms with Crippen LogP contribution in [0.3, 0.4) is 0 Å². The van der Waals surface area contributed by atoms with Gasteiger partial charge in [-0.3, -0.25) is 4.79 Å². The van der Waals surface area contributed by atoms with Crippen LogP contribution in [-0.4, -0.2) is 30.8 Å². The Hall–Kier alpha value is -2.69. The van der Waals surface area contributed by atoms with Crippen molar-refractivity contribution in [1.82, 2.24) is 5.43 Å². The van der Waals surface area contributed by atoms with Gasteiger partial charge in [0.15, 0.2) is 17.2 Å². The highest BCUT2D eigenvalue weighted by Gasteiger charge is 2.27. The zero-order valence-electron chi connectivity index (χ0n) is 16.8. The number of hydrogen-bond donors (Lipinski definition) is 1. The lowest BCUT2D eigenvalue weighted by atomic mass is 10.2. The van der Waals surface area contributed by atoms with Crippen LogP contribution in [0.2, 0.25) is 0 Å². The first-order valence-electron chi connectivity index (χ1n) is 9.59. The fraction of sp³-hybridized carbons (Fsp3) is 0.0870. The molecule has 0 radical (unpaired) electrons. The second kappa shape index (κ2) is 10.5. The number of carbonyl (C=O) groups is 2. The van der Waals surface area contributed by atoms with Gasteiger partial charge < -0.3 is 14.2 Å². The molecule has 0 spiro atoms. The van der Waals surface area contributed by atoms with Gasteiger partial charge in [0.2, 0.25) is 6.10 Å². The number of rotatable bonds is 5. The number of halogens is 3. The van der Waals surface area contributed by atoms with E-state index < -0.39 is 18.0 Å². The summed E-state index contributed by atoms with van der Waals surface area (Å²) in [5.41, 5.74) is 3.27. The van der Waals surface area contributed by atoms with E-state index >= 15 is 0 Å². The third-order valence-electron chi connectivity index (χ3n) is 4.51. The molecule has 1 aliphatic rings. The monoisotopic (exact) mass is 636 g/mol. The van der Waals surface area contributed by atoms with Crippen LogP contribution in [-0.2, 0) is 4.79 Å². The summed E-state index contributed by atoms with van der Waals surface area (Å²) in [6.07, 6.45) is 0.535. The van der Waals surface area contributed by atoms with Crippen LogP contribution >= 0.6 is 47.8 Å². The minimum atomic E-state index is -0.848. The van der Waals surface area contributed by atoms with Gasteiger partial charge in [-0.15, -0.1) is 0 Å². The average Bonchev–Trinajstić information content (AvgIpc) is 2.81. The molecule has 7 nitrogen and oxygen atoms in total. The molecule has 0 aliphatic carbocycles. The lowest BCUT2D eigenvalue weighted by Gasteiger charge is -2.24. The Morgan fingerprint density at radius 3 is 2.52 bits per heavy atom. The summed E-state index contributed by atoms with van der Waals surface area (Å²) in [5, 5.41) is 4.01. The van der Waals surface area contributed by atoms with Crippen LogP contribution in [0, 0.1) is 0 Å². The van der Waals surface area contributed by atoms with Crippen LogP contribution < -0.4 is 19.6 Å². The number of nitrogens with one attached hydrogen (secondary N) is 1. The average molecular weight is 639 g/mol. The zero-order valence-corrected chi connectivity index (χ0v) is 21.5. The van der Waals surface area contributed by atoms with Crippen molar-refractivity contribution >= 4 is 65.9 Å². The highest BCUT2D eigenvalue weighted by atomic mass is 79.9. The smallest absolute Gasteiger partial charge is 0.344 e. The lowest BCUT2D eigenvalue weighted by Crippen LogP contribution is -2.42. The van der Waals surface area contributed by atoms with Crippen molar-refractivity contribution in [3.8, 4) is 17.2 Å². The number of nitrogens with zero attached hydrogens (tertiary/aromatic N) is 1. The number of hydrazone groups is 1. The molecule has 1 aliphatic heterocycles. The molecule has 3 aromatic carbocycles. The first-order valence-corrected chi connectivity index (χ1v) is 12.0. The first kappa shape index (κ1) is 23.5. The molecule has 4 rings (SSSR count). The number of ether oxygens (including phenoxy) is 3. The number of fused-ring (bicyclic) bond motifs is 1. The van der Waals surface area contributed by atoms with E-state index in [4.69, 9.17) is 14.2 Å². The Labute approximate surface area is 214 Å². The third-order valence-corrected chi connectivity index (χ3v) is 6.24. The highest BCUT2D eigenvalue weighted by molar-refractivity contribution is 9.11. The normalized spacial score (nSPS) is 14.7. The van der Waals surface area contributed by atoms with Gasteiger partial charge in [0.25, 0.3) is 5.91 Å². The Morgan fingerprint density at radius 2 is 1.73 bits per heavy atom. The van der Waals surface area contributed by atoms with Gasteiger partial charge >= 0.3 is 5.97 Å². The van der Waals surface area contributed by atoms with Gasteiger partial charge in [0.1, 0.15) is 6.61 Å². The molecule has 0 saturated heterocycles. The van der Waals surface area contributed by atoms with E-state index in [2.05, 4.69) is 58.3 Å². The molecular weight excluding hydrogens is 624 g/mol. The number of carbonyl (C=O) groups excluding carboxylic acids is 2. The summed E-state index contributed by atoms with van der Waals surface area (Å²) in [4.78, 5) is 25.2. The fourth-order valence-corrected chi connectivity index (χ4v) is 4.73. The van der Waals surface area contributed by atoms with Crippen molar-refractivity contribution in [2.45, 2.75) is 6.10 Å². The van der Waals surface area contributed by atoms with E-state index in [1.165, 1.54) is 6.21 Å². The van der Waals surface area contributed by atoms with Crippen LogP contribution in [0.15, 0.2) is 79.2 Å².